The SMILES string of the molecule is CC(C)COC(=O)C(C)C.CCCC(C)OC(=O)C(C)C. The molecule has 0 rings (SSSR count). The molecule has 0 aliphatic heterocycles. The van der Waals surface area contributed by atoms with Crippen LogP contribution in [0.1, 0.15) is 68.2 Å². The van der Waals surface area contributed by atoms with Gasteiger partial charge in [0.15, 0.2) is 0 Å². The van der Waals surface area contributed by atoms with Crippen LogP contribution in [0.3, 0.4) is 0 Å². The fourth-order valence-corrected chi connectivity index (χ4v) is 1.22. The van der Waals surface area contributed by atoms with Crippen molar-refractivity contribution in [2.24, 2.45) is 17.8 Å². The summed E-state index contributed by atoms with van der Waals surface area (Å²) in [6.07, 6.45) is 2.10. The van der Waals surface area contributed by atoms with Gasteiger partial charge < -0.3 is 9.47 Å². The molecule has 0 heterocycles. The predicted octanol–water partition coefficient (Wildman–Crippen LogP) is 4.22. The predicted molar refractivity (Wildman–Crippen MR) is 85.9 cm³/mol. The highest BCUT2D eigenvalue weighted by Crippen LogP contribution is 2.05. The van der Waals surface area contributed by atoms with Crippen LogP contribution in [-0.2, 0) is 19.1 Å². The minimum absolute atomic E-state index is 0.00116. The molecule has 0 aliphatic rings. The van der Waals surface area contributed by atoms with E-state index in [0.717, 1.165) is 12.8 Å². The van der Waals surface area contributed by atoms with E-state index in [1.165, 1.54) is 0 Å². The van der Waals surface area contributed by atoms with E-state index in [1.54, 1.807) is 0 Å². The third-order valence-electron chi connectivity index (χ3n) is 2.51. The van der Waals surface area contributed by atoms with Crippen LogP contribution in [0.2, 0.25) is 0 Å². The van der Waals surface area contributed by atoms with Gasteiger partial charge in [-0.2, -0.15) is 0 Å². The lowest BCUT2D eigenvalue weighted by molar-refractivity contribution is -0.152. The summed E-state index contributed by atoms with van der Waals surface area (Å²) in [7, 11) is 0. The minimum Gasteiger partial charge on any atom is -0.465 e. The summed E-state index contributed by atoms with van der Waals surface area (Å²) in [5, 5.41) is 0. The topological polar surface area (TPSA) is 52.6 Å². The molecule has 0 aliphatic carbocycles. The van der Waals surface area contributed by atoms with E-state index in [2.05, 4.69) is 6.92 Å². The average Bonchev–Trinajstić information content (AvgIpc) is 2.36. The smallest absolute Gasteiger partial charge is 0.308 e. The van der Waals surface area contributed by atoms with E-state index in [0.29, 0.717) is 12.5 Å². The van der Waals surface area contributed by atoms with E-state index >= 15 is 0 Å². The molecule has 0 N–H and O–H groups in total. The lowest BCUT2D eigenvalue weighted by Gasteiger charge is -2.13. The summed E-state index contributed by atoms with van der Waals surface area (Å²) in [5.74, 6) is 0.232. The molecule has 126 valence electrons. The first-order valence-corrected chi connectivity index (χ1v) is 7.98. The molecule has 0 amide bonds. The largest absolute Gasteiger partial charge is 0.465 e. The van der Waals surface area contributed by atoms with Crippen LogP contribution < -0.4 is 0 Å². The number of hydrogen-bond donors (Lipinski definition) is 0. The van der Waals surface area contributed by atoms with Gasteiger partial charge in [0, 0.05) is 0 Å². The van der Waals surface area contributed by atoms with Crippen LogP contribution in [0.4, 0.5) is 0 Å². The summed E-state index contributed by atoms with van der Waals surface area (Å²) >= 11 is 0. The molecule has 4 nitrogen and oxygen atoms in total. The first kappa shape index (κ1) is 22.2. The highest BCUT2D eigenvalue weighted by atomic mass is 16.5. The normalized spacial score (nSPS) is 12.0. The molecule has 0 aromatic rings. The van der Waals surface area contributed by atoms with Crippen molar-refractivity contribution < 1.29 is 19.1 Å². The molecule has 4 heteroatoms. The number of ether oxygens (including phenoxy) is 2. The van der Waals surface area contributed by atoms with Crippen molar-refractivity contribution >= 4 is 11.9 Å². The van der Waals surface area contributed by atoms with Crippen molar-refractivity contribution in [2.45, 2.75) is 74.3 Å². The standard InChI is InChI=1S/C9H18O2.C8H16O2/c1-5-6-8(4)11-9(10)7(2)3;1-6(2)5-10-8(9)7(3)4/h7-8H,5-6H2,1-4H3;6-7H,5H2,1-4H3. The molecule has 0 bridgehead atoms. The number of rotatable bonds is 7. The van der Waals surface area contributed by atoms with Gasteiger partial charge in [-0.3, -0.25) is 9.59 Å². The maximum absolute atomic E-state index is 11.0. The molecule has 0 saturated carbocycles. The van der Waals surface area contributed by atoms with Gasteiger partial charge in [-0.25, -0.2) is 0 Å². The first-order chi connectivity index (χ1) is 9.61. The van der Waals surface area contributed by atoms with Gasteiger partial charge in [-0.05, 0) is 19.3 Å². The van der Waals surface area contributed by atoms with Gasteiger partial charge in [0.2, 0.25) is 0 Å². The van der Waals surface area contributed by atoms with E-state index < -0.39 is 0 Å². The number of esters is 2. The molecule has 0 saturated heterocycles. The lowest BCUT2D eigenvalue weighted by atomic mass is 10.2. The zero-order chi connectivity index (χ0) is 17.0. The molecule has 1 atom stereocenters. The minimum atomic E-state index is -0.103. The third-order valence-corrected chi connectivity index (χ3v) is 2.51. The van der Waals surface area contributed by atoms with Gasteiger partial charge in [0.05, 0.1) is 24.5 Å². The van der Waals surface area contributed by atoms with E-state index in [-0.39, 0.29) is 29.9 Å². The molecular weight excluding hydrogens is 268 g/mol. The summed E-state index contributed by atoms with van der Waals surface area (Å²) in [6.45, 7) is 16.0. The Morgan fingerprint density at radius 1 is 0.857 bits per heavy atom. The van der Waals surface area contributed by atoms with Crippen LogP contribution >= 0.6 is 0 Å². The lowest BCUT2D eigenvalue weighted by Crippen LogP contribution is -2.18. The molecule has 21 heavy (non-hydrogen) atoms. The second-order valence-electron chi connectivity index (χ2n) is 6.37. The molecule has 0 radical (unpaired) electrons. The van der Waals surface area contributed by atoms with Crippen molar-refractivity contribution in [3.05, 3.63) is 0 Å². The maximum Gasteiger partial charge on any atom is 0.308 e. The maximum atomic E-state index is 11.0. The number of hydrogen-bond acceptors (Lipinski definition) is 4. The van der Waals surface area contributed by atoms with E-state index in [9.17, 15) is 9.59 Å². The first-order valence-electron chi connectivity index (χ1n) is 7.98. The zero-order valence-corrected chi connectivity index (χ0v) is 15.1. The Bertz CT molecular complexity index is 283. The van der Waals surface area contributed by atoms with Gasteiger partial charge in [-0.15, -0.1) is 0 Å². The molecule has 0 aromatic carbocycles. The Labute approximate surface area is 130 Å². The van der Waals surface area contributed by atoms with Crippen LogP contribution in [0.25, 0.3) is 0 Å². The Morgan fingerprint density at radius 2 is 1.33 bits per heavy atom. The summed E-state index contributed by atoms with van der Waals surface area (Å²) in [5.41, 5.74) is 0. The summed E-state index contributed by atoms with van der Waals surface area (Å²) < 4.78 is 10.0. The monoisotopic (exact) mass is 302 g/mol. The Balaban J connectivity index is 0. The summed E-state index contributed by atoms with van der Waals surface area (Å²) in [4.78, 5) is 21.8. The fraction of sp³-hybridized carbons (Fsp3) is 0.882. The van der Waals surface area contributed by atoms with E-state index in [1.807, 2.05) is 48.5 Å². The Kier molecular flexibility index (Phi) is 13.4. The molecule has 0 aromatic heterocycles. The van der Waals surface area contributed by atoms with E-state index in [4.69, 9.17) is 9.47 Å². The quantitative estimate of drug-likeness (QED) is 0.661. The van der Waals surface area contributed by atoms with Crippen molar-refractivity contribution in [3.8, 4) is 0 Å². The molecular formula is C17H34O4. The van der Waals surface area contributed by atoms with Crippen LogP contribution in [0.15, 0.2) is 0 Å². The number of carbonyl (C=O) groups is 2. The van der Waals surface area contributed by atoms with Crippen molar-refractivity contribution in [1.82, 2.24) is 0 Å². The molecule has 1 unspecified atom stereocenters. The summed E-state index contributed by atoms with van der Waals surface area (Å²) in [6, 6.07) is 0. The van der Waals surface area contributed by atoms with Gasteiger partial charge in [0.25, 0.3) is 0 Å². The third kappa shape index (κ3) is 15.2. The van der Waals surface area contributed by atoms with Gasteiger partial charge >= 0.3 is 11.9 Å². The fourth-order valence-electron chi connectivity index (χ4n) is 1.22. The van der Waals surface area contributed by atoms with Gasteiger partial charge in [0.1, 0.15) is 0 Å². The second-order valence-corrected chi connectivity index (χ2v) is 6.37. The van der Waals surface area contributed by atoms with Crippen LogP contribution in [0.5, 0.6) is 0 Å². The Morgan fingerprint density at radius 3 is 1.67 bits per heavy atom. The van der Waals surface area contributed by atoms with Crippen LogP contribution in [0, 0.1) is 17.8 Å². The van der Waals surface area contributed by atoms with Crippen molar-refractivity contribution in [1.29, 1.82) is 0 Å². The molecule has 0 fully saturated rings. The molecule has 0 spiro atoms. The zero-order valence-electron chi connectivity index (χ0n) is 15.1. The number of carbonyl (C=O) groups excluding carboxylic acids is 2. The van der Waals surface area contributed by atoms with Crippen molar-refractivity contribution in [3.63, 3.8) is 0 Å². The van der Waals surface area contributed by atoms with Crippen LogP contribution in [-0.4, -0.2) is 24.6 Å². The van der Waals surface area contributed by atoms with Crippen molar-refractivity contribution in [2.75, 3.05) is 6.61 Å². The highest BCUT2D eigenvalue weighted by molar-refractivity contribution is 5.71. The Hall–Kier alpha value is -1.06. The second kappa shape index (κ2) is 12.7. The van der Waals surface area contributed by atoms with Gasteiger partial charge in [-0.1, -0.05) is 54.9 Å². The highest BCUT2D eigenvalue weighted by Gasteiger charge is 2.11. The average molecular weight is 302 g/mol.